The van der Waals surface area contributed by atoms with Crippen molar-refractivity contribution in [1.82, 2.24) is 0 Å². The van der Waals surface area contributed by atoms with E-state index in [9.17, 15) is 9.59 Å². The first-order chi connectivity index (χ1) is 17.4. The zero-order valence-electron chi connectivity index (χ0n) is 20.2. The van der Waals surface area contributed by atoms with Gasteiger partial charge < -0.3 is 38.2 Å². The third kappa shape index (κ3) is 4.04. The molecule has 1 aromatic heterocycles. The van der Waals surface area contributed by atoms with Crippen molar-refractivity contribution < 1.29 is 37.6 Å². The summed E-state index contributed by atoms with van der Waals surface area (Å²) >= 11 is 0. The first kappa shape index (κ1) is 23.4. The molecule has 0 bridgehead atoms. The van der Waals surface area contributed by atoms with Crippen LogP contribution in [0.5, 0.6) is 34.5 Å². The second-order valence-electron chi connectivity index (χ2n) is 8.24. The van der Waals surface area contributed by atoms with Crippen LogP contribution in [0.2, 0.25) is 0 Å². The van der Waals surface area contributed by atoms with E-state index in [0.29, 0.717) is 59.0 Å². The molecule has 36 heavy (non-hydrogen) atoms. The van der Waals surface area contributed by atoms with Gasteiger partial charge in [-0.2, -0.15) is 0 Å². The van der Waals surface area contributed by atoms with Crippen LogP contribution in [0.3, 0.4) is 0 Å². The molecule has 2 aliphatic heterocycles. The minimum absolute atomic E-state index is 0.234. The molecule has 10 nitrogen and oxygen atoms in total. The van der Waals surface area contributed by atoms with Crippen LogP contribution in [-0.2, 0) is 4.79 Å². The predicted octanol–water partition coefficient (Wildman–Crippen LogP) is 3.28. The monoisotopic (exact) mass is 495 g/mol. The lowest BCUT2D eigenvalue weighted by molar-refractivity contribution is -0.122. The molecular weight excluding hydrogens is 470 g/mol. The van der Waals surface area contributed by atoms with Crippen LogP contribution in [0.4, 0.5) is 5.69 Å². The zero-order chi connectivity index (χ0) is 25.4. The molecule has 10 heteroatoms. The zero-order valence-corrected chi connectivity index (χ0v) is 20.2. The molecule has 0 saturated carbocycles. The molecule has 3 heterocycles. The number of aryl methyl sites for hydroxylation is 1. The molecule has 2 unspecified atom stereocenters. The maximum Gasteiger partial charge on any atom is 0.343 e. The van der Waals surface area contributed by atoms with E-state index in [1.54, 1.807) is 43.3 Å². The highest BCUT2D eigenvalue weighted by Crippen LogP contribution is 2.46. The number of amides is 1. The van der Waals surface area contributed by atoms with Gasteiger partial charge in [-0.1, -0.05) is 0 Å². The Balaban J connectivity index is 1.56. The molecule has 3 aromatic rings. The van der Waals surface area contributed by atoms with E-state index in [4.69, 9.17) is 32.8 Å². The van der Waals surface area contributed by atoms with Crippen molar-refractivity contribution in [3.63, 3.8) is 0 Å². The van der Waals surface area contributed by atoms with E-state index in [0.717, 1.165) is 0 Å². The van der Waals surface area contributed by atoms with E-state index >= 15 is 0 Å². The molecule has 0 saturated heterocycles. The van der Waals surface area contributed by atoms with Crippen LogP contribution in [0.25, 0.3) is 0 Å². The number of ether oxygens (including phenoxy) is 6. The number of hydrogen-bond acceptors (Lipinski definition) is 9. The van der Waals surface area contributed by atoms with Crippen LogP contribution in [-0.4, -0.2) is 46.6 Å². The highest BCUT2D eigenvalue weighted by atomic mass is 16.6. The van der Waals surface area contributed by atoms with E-state index in [1.807, 2.05) is 0 Å². The first-order valence-electron chi connectivity index (χ1n) is 11.2. The van der Waals surface area contributed by atoms with Crippen LogP contribution in [0.15, 0.2) is 45.6 Å². The fourth-order valence-corrected chi connectivity index (χ4v) is 4.49. The second kappa shape index (κ2) is 9.37. The van der Waals surface area contributed by atoms with Crippen molar-refractivity contribution in [1.29, 1.82) is 0 Å². The predicted molar refractivity (Wildman–Crippen MR) is 128 cm³/mol. The molecule has 1 amide bonds. The number of anilines is 1. The van der Waals surface area contributed by atoms with Crippen molar-refractivity contribution in [3.8, 4) is 34.5 Å². The highest BCUT2D eigenvalue weighted by Gasteiger charge is 2.44. The summed E-state index contributed by atoms with van der Waals surface area (Å²) < 4.78 is 39.0. The quantitative estimate of drug-likeness (QED) is 0.550. The van der Waals surface area contributed by atoms with Crippen molar-refractivity contribution >= 4 is 11.6 Å². The SMILES string of the molecule is COc1cc(C2c3c(cc(C)oc3=O)OC2C(=O)Nc2ccc3c(c2)OCCO3)cc(OC)c1OC. The number of carbonyl (C=O) groups excluding carboxylic acids is 1. The number of methoxy groups -OCH3 is 3. The minimum atomic E-state index is -1.08. The van der Waals surface area contributed by atoms with Gasteiger partial charge in [0.15, 0.2) is 29.1 Å². The van der Waals surface area contributed by atoms with Gasteiger partial charge in [0.1, 0.15) is 24.7 Å². The van der Waals surface area contributed by atoms with Gasteiger partial charge in [-0.15, -0.1) is 0 Å². The third-order valence-corrected chi connectivity index (χ3v) is 6.06. The maximum atomic E-state index is 13.5. The van der Waals surface area contributed by atoms with Crippen LogP contribution < -0.4 is 39.4 Å². The Morgan fingerprint density at radius 1 is 0.917 bits per heavy atom. The van der Waals surface area contributed by atoms with Gasteiger partial charge in [-0.05, 0) is 36.8 Å². The molecule has 5 rings (SSSR count). The van der Waals surface area contributed by atoms with Crippen LogP contribution >= 0.6 is 0 Å². The van der Waals surface area contributed by atoms with Gasteiger partial charge in [0.2, 0.25) is 5.75 Å². The fraction of sp³-hybridized carbons (Fsp3) is 0.308. The van der Waals surface area contributed by atoms with Gasteiger partial charge >= 0.3 is 5.63 Å². The Hall–Kier alpha value is -4.34. The number of rotatable bonds is 6. The summed E-state index contributed by atoms with van der Waals surface area (Å²) in [6.45, 7) is 2.52. The topological polar surface area (TPSA) is 115 Å². The fourth-order valence-electron chi connectivity index (χ4n) is 4.49. The molecule has 0 radical (unpaired) electrons. The lowest BCUT2D eigenvalue weighted by Gasteiger charge is -2.22. The second-order valence-corrected chi connectivity index (χ2v) is 8.24. The Morgan fingerprint density at radius 2 is 1.61 bits per heavy atom. The molecular formula is C26H25NO9. The van der Waals surface area contributed by atoms with E-state index < -0.39 is 23.6 Å². The van der Waals surface area contributed by atoms with Crippen molar-refractivity contribution in [2.75, 3.05) is 39.9 Å². The van der Waals surface area contributed by atoms with Crippen LogP contribution in [0, 0.1) is 6.92 Å². The third-order valence-electron chi connectivity index (χ3n) is 6.06. The summed E-state index contributed by atoms with van der Waals surface area (Å²) in [7, 11) is 4.48. The van der Waals surface area contributed by atoms with Gasteiger partial charge in [0.05, 0.1) is 32.8 Å². The minimum Gasteiger partial charge on any atom is -0.493 e. The van der Waals surface area contributed by atoms with Gasteiger partial charge in [-0.3, -0.25) is 4.79 Å². The Labute approximate surface area is 206 Å². The average Bonchev–Trinajstić information content (AvgIpc) is 3.27. The van der Waals surface area contributed by atoms with Gasteiger partial charge in [0, 0.05) is 17.8 Å². The number of fused-ring (bicyclic) bond motifs is 2. The van der Waals surface area contributed by atoms with Crippen molar-refractivity contribution in [2.24, 2.45) is 0 Å². The molecule has 0 fully saturated rings. The van der Waals surface area contributed by atoms with Gasteiger partial charge in [-0.25, -0.2) is 4.79 Å². The Kier molecular flexibility index (Phi) is 6.09. The Bertz CT molecular complexity index is 1360. The van der Waals surface area contributed by atoms with E-state index in [1.165, 1.54) is 21.3 Å². The molecule has 188 valence electrons. The van der Waals surface area contributed by atoms with Crippen LogP contribution in [0.1, 0.15) is 22.8 Å². The summed E-state index contributed by atoms with van der Waals surface area (Å²) in [5, 5.41) is 2.86. The summed E-state index contributed by atoms with van der Waals surface area (Å²) in [5.41, 5.74) is 0.702. The molecule has 0 aliphatic carbocycles. The smallest absolute Gasteiger partial charge is 0.343 e. The summed E-state index contributed by atoms with van der Waals surface area (Å²) in [6, 6.07) is 10.1. The first-order valence-corrected chi connectivity index (χ1v) is 11.2. The normalized spacial score (nSPS) is 17.6. The molecule has 2 aromatic carbocycles. The Morgan fingerprint density at radius 3 is 2.28 bits per heavy atom. The highest BCUT2D eigenvalue weighted by molar-refractivity contribution is 5.96. The maximum absolute atomic E-state index is 13.5. The largest absolute Gasteiger partial charge is 0.493 e. The lowest BCUT2D eigenvalue weighted by atomic mass is 9.88. The van der Waals surface area contributed by atoms with Crippen molar-refractivity contribution in [3.05, 3.63) is 63.7 Å². The number of nitrogens with one attached hydrogen (secondary N) is 1. The average molecular weight is 495 g/mol. The molecule has 0 spiro atoms. The lowest BCUT2D eigenvalue weighted by Crippen LogP contribution is -2.35. The molecule has 1 N–H and O–H groups in total. The number of benzene rings is 2. The number of hydrogen-bond donors (Lipinski definition) is 1. The summed E-state index contributed by atoms with van der Waals surface area (Å²) in [5.74, 6) is 1.67. The molecule has 2 aliphatic rings. The van der Waals surface area contributed by atoms with Crippen molar-refractivity contribution in [2.45, 2.75) is 18.9 Å². The number of carbonyl (C=O) groups is 1. The summed E-state index contributed by atoms with van der Waals surface area (Å²) in [6.07, 6.45) is -1.08. The molecule has 2 atom stereocenters. The van der Waals surface area contributed by atoms with E-state index in [2.05, 4.69) is 5.32 Å². The standard InChI is InChI=1S/C26H25NO9/c1-13-9-18-22(26(29)35-13)21(14-10-19(30-2)23(32-4)20(11-14)31-3)24(36-18)25(28)27-15-5-6-16-17(12-15)34-8-7-33-16/h5-6,9-12,21,24H,7-8H2,1-4H3,(H,27,28). The van der Waals surface area contributed by atoms with E-state index in [-0.39, 0.29) is 11.3 Å². The van der Waals surface area contributed by atoms with Gasteiger partial charge in [0.25, 0.3) is 5.91 Å². The summed E-state index contributed by atoms with van der Waals surface area (Å²) in [4.78, 5) is 26.5.